The van der Waals surface area contributed by atoms with Crippen molar-refractivity contribution in [2.75, 3.05) is 7.11 Å². The summed E-state index contributed by atoms with van der Waals surface area (Å²) in [5.74, 6) is -0.795. The predicted octanol–water partition coefficient (Wildman–Crippen LogP) is 4.07. The van der Waals surface area contributed by atoms with E-state index in [1.807, 2.05) is 6.07 Å². The lowest BCUT2D eigenvalue weighted by Crippen LogP contribution is -2.63. The van der Waals surface area contributed by atoms with Crippen LogP contribution in [0.15, 0.2) is 27.6 Å². The molecule has 5 aliphatic rings. The number of esters is 2. The fourth-order valence-electron chi connectivity index (χ4n) is 10.5. The van der Waals surface area contributed by atoms with Gasteiger partial charge in [-0.3, -0.25) is 9.59 Å². The van der Waals surface area contributed by atoms with Crippen LogP contribution in [-0.4, -0.2) is 72.9 Å². The van der Waals surface area contributed by atoms with E-state index in [1.165, 1.54) is 33.3 Å². The number of carbonyl (C=O) groups excluding carboxylic acids is 3. The Labute approximate surface area is 269 Å². The van der Waals surface area contributed by atoms with Crippen molar-refractivity contribution in [3.05, 3.63) is 34.4 Å². The Kier molecular flexibility index (Phi) is 9.01. The molecule has 0 radical (unpaired) electrons. The number of carbonyl (C=O) groups is 3. The Morgan fingerprint density at radius 3 is 2.35 bits per heavy atom. The molecule has 4 aliphatic carbocycles. The molecular weight excluding hydrogens is 596 g/mol. The van der Waals surface area contributed by atoms with Crippen molar-refractivity contribution in [3.63, 3.8) is 0 Å². The van der Waals surface area contributed by atoms with E-state index in [4.69, 9.17) is 28.1 Å². The van der Waals surface area contributed by atoms with E-state index in [9.17, 15) is 24.3 Å². The second-order valence-corrected chi connectivity index (χ2v) is 14.7. The molecule has 0 aromatic carbocycles. The monoisotopic (exact) mass is 644 g/mol. The Balaban J connectivity index is 1.19. The molecule has 1 aromatic rings. The first-order valence-corrected chi connectivity index (χ1v) is 16.8. The normalized spacial score (nSPS) is 45.1. The molecular formula is C35H48O11. The maximum absolute atomic E-state index is 13.2. The molecule has 0 amide bonds. The summed E-state index contributed by atoms with van der Waals surface area (Å²) in [4.78, 5) is 48.7. The summed E-state index contributed by atoms with van der Waals surface area (Å²) in [6.07, 6.45) is 5.09. The zero-order valence-electron chi connectivity index (χ0n) is 27.5. The number of aldehydes is 1. The lowest BCUT2D eigenvalue weighted by atomic mass is 9.43. The molecule has 1 saturated heterocycles. The highest BCUT2D eigenvalue weighted by Gasteiger charge is 2.68. The van der Waals surface area contributed by atoms with Gasteiger partial charge in [-0.2, -0.15) is 0 Å². The minimum absolute atomic E-state index is 0.00225. The predicted molar refractivity (Wildman–Crippen MR) is 162 cm³/mol. The van der Waals surface area contributed by atoms with Crippen molar-refractivity contribution in [1.82, 2.24) is 0 Å². The lowest BCUT2D eigenvalue weighted by molar-refractivity contribution is -0.316. The molecule has 0 bridgehead atoms. The van der Waals surface area contributed by atoms with Crippen LogP contribution in [-0.2, 0) is 38.1 Å². The first-order valence-electron chi connectivity index (χ1n) is 16.8. The molecule has 4 saturated carbocycles. The first kappa shape index (κ1) is 33.3. The van der Waals surface area contributed by atoms with Crippen LogP contribution in [0.4, 0.5) is 0 Å². The van der Waals surface area contributed by atoms with Gasteiger partial charge in [0.1, 0.15) is 12.4 Å². The summed E-state index contributed by atoms with van der Waals surface area (Å²) in [6, 6.07) is 3.29. The highest BCUT2D eigenvalue weighted by atomic mass is 16.7. The van der Waals surface area contributed by atoms with Crippen LogP contribution in [0.25, 0.3) is 0 Å². The van der Waals surface area contributed by atoms with Gasteiger partial charge in [-0.1, -0.05) is 6.92 Å². The molecule has 11 heteroatoms. The summed E-state index contributed by atoms with van der Waals surface area (Å²) >= 11 is 0. The number of hydrogen-bond donors (Lipinski definition) is 1. The van der Waals surface area contributed by atoms with Crippen LogP contribution in [0.5, 0.6) is 0 Å². The fraction of sp³-hybridized carbons (Fsp3) is 0.771. The van der Waals surface area contributed by atoms with E-state index < -0.39 is 53.7 Å². The summed E-state index contributed by atoms with van der Waals surface area (Å²) in [5.41, 5.74) is -1.28. The third kappa shape index (κ3) is 5.35. The maximum atomic E-state index is 13.2. The summed E-state index contributed by atoms with van der Waals surface area (Å²) in [7, 11) is 1.47. The minimum atomic E-state index is -0.949. The molecule has 1 aliphatic heterocycles. The van der Waals surface area contributed by atoms with Crippen LogP contribution in [0.2, 0.25) is 0 Å². The second kappa shape index (κ2) is 12.5. The largest absolute Gasteiger partial charge is 0.457 e. The second-order valence-electron chi connectivity index (χ2n) is 14.7. The first-order chi connectivity index (χ1) is 21.9. The summed E-state index contributed by atoms with van der Waals surface area (Å²) in [5, 5.41) is 12.5. The Hall–Kier alpha value is -2.60. The van der Waals surface area contributed by atoms with Gasteiger partial charge in [-0.15, -0.1) is 0 Å². The van der Waals surface area contributed by atoms with Crippen LogP contribution >= 0.6 is 0 Å². The summed E-state index contributed by atoms with van der Waals surface area (Å²) < 4.78 is 34.7. The number of hydrogen-bond acceptors (Lipinski definition) is 11. The SMILES string of the molecule is CO[C@@H]1[C@H](OC(C)=O)[C@H](O[C@@H]2CC[C@@]3(C=O)[C@@H](CC[C@@H]4[C@@H]3CC[C@]3(C)[C@H](c5ccc(=O)oc5)CC[C@@]43O)C2)O[C@H](C)[C@@H]1OC(C)=O. The maximum Gasteiger partial charge on any atom is 0.335 e. The van der Waals surface area contributed by atoms with Crippen LogP contribution < -0.4 is 5.63 Å². The average Bonchev–Trinajstić information content (AvgIpc) is 3.30. The molecule has 1 N–H and O–H groups in total. The molecule has 2 heterocycles. The molecule has 11 nitrogen and oxygen atoms in total. The number of ether oxygens (including phenoxy) is 5. The van der Waals surface area contributed by atoms with Crippen molar-refractivity contribution >= 4 is 18.2 Å². The number of methoxy groups -OCH3 is 1. The zero-order chi connectivity index (χ0) is 33.0. The van der Waals surface area contributed by atoms with Gasteiger partial charge in [0.25, 0.3) is 0 Å². The van der Waals surface area contributed by atoms with Gasteiger partial charge in [0.15, 0.2) is 18.5 Å². The number of fused-ring (bicyclic) bond motifs is 5. The molecule has 46 heavy (non-hydrogen) atoms. The smallest absolute Gasteiger partial charge is 0.335 e. The van der Waals surface area contributed by atoms with E-state index in [1.54, 1.807) is 13.2 Å². The molecule has 1 aromatic heterocycles. The third-order valence-corrected chi connectivity index (χ3v) is 12.6. The topological polar surface area (TPSA) is 148 Å². The van der Waals surface area contributed by atoms with Crippen molar-refractivity contribution in [2.24, 2.45) is 28.6 Å². The molecule has 0 unspecified atom stereocenters. The molecule has 5 fully saturated rings. The minimum Gasteiger partial charge on any atom is -0.457 e. The zero-order valence-corrected chi connectivity index (χ0v) is 27.5. The van der Waals surface area contributed by atoms with Crippen molar-refractivity contribution in [1.29, 1.82) is 0 Å². The van der Waals surface area contributed by atoms with Gasteiger partial charge >= 0.3 is 17.6 Å². The Morgan fingerprint density at radius 2 is 1.70 bits per heavy atom. The number of rotatable bonds is 7. The van der Waals surface area contributed by atoms with E-state index in [-0.39, 0.29) is 40.8 Å². The molecule has 6 rings (SSSR count). The summed E-state index contributed by atoms with van der Waals surface area (Å²) in [6.45, 7) is 6.55. The van der Waals surface area contributed by atoms with Gasteiger partial charge < -0.3 is 38.0 Å². The van der Waals surface area contributed by atoms with Crippen molar-refractivity contribution in [3.8, 4) is 0 Å². The van der Waals surface area contributed by atoms with Gasteiger partial charge in [-0.05, 0) is 100 Å². The standard InChI is InChI=1S/C35H48O11/c1-19-29(44-20(2)37)30(41-5)31(45-21(3)38)32(43-19)46-24-10-14-34(18-36)23(16-24)7-8-27-26(34)11-13-33(4)25(12-15-35(27,33)40)22-6-9-28(39)42-17-22/h6,9,17-19,23-27,29-32,40H,7-8,10-16H2,1-5H3/t19-,23+,24-,25+,26+,27-,29+,30+,31+,32+,33-,34-,35-/m1/s1. The molecule has 13 atom stereocenters. The van der Waals surface area contributed by atoms with Crippen LogP contribution in [0, 0.1) is 28.6 Å². The van der Waals surface area contributed by atoms with E-state index in [0.717, 1.165) is 37.7 Å². The molecule has 254 valence electrons. The van der Waals surface area contributed by atoms with Crippen LogP contribution in [0.1, 0.15) is 97.0 Å². The van der Waals surface area contributed by atoms with Gasteiger partial charge in [0.2, 0.25) is 0 Å². The number of aliphatic hydroxyl groups is 1. The van der Waals surface area contributed by atoms with E-state index in [2.05, 4.69) is 6.92 Å². The highest BCUT2D eigenvalue weighted by molar-refractivity contribution is 5.67. The Morgan fingerprint density at radius 1 is 0.957 bits per heavy atom. The molecule has 0 spiro atoms. The highest BCUT2D eigenvalue weighted by Crippen LogP contribution is 2.70. The van der Waals surface area contributed by atoms with E-state index >= 15 is 0 Å². The quantitative estimate of drug-likeness (QED) is 0.260. The Bertz CT molecular complexity index is 1360. The van der Waals surface area contributed by atoms with Crippen molar-refractivity contribution in [2.45, 2.75) is 134 Å². The van der Waals surface area contributed by atoms with E-state index in [0.29, 0.717) is 25.7 Å². The fourth-order valence-corrected chi connectivity index (χ4v) is 10.5. The van der Waals surface area contributed by atoms with Gasteiger partial charge in [0.05, 0.1) is 24.1 Å². The lowest BCUT2D eigenvalue weighted by Gasteiger charge is -2.63. The average molecular weight is 645 g/mol. The van der Waals surface area contributed by atoms with Crippen LogP contribution in [0.3, 0.4) is 0 Å². The van der Waals surface area contributed by atoms with Crippen molar-refractivity contribution < 1.29 is 47.6 Å². The third-order valence-electron chi connectivity index (χ3n) is 12.6. The van der Waals surface area contributed by atoms with Gasteiger partial charge in [-0.25, -0.2) is 4.79 Å². The van der Waals surface area contributed by atoms with Gasteiger partial charge in [0, 0.05) is 37.9 Å².